The van der Waals surface area contributed by atoms with Gasteiger partial charge in [-0.15, -0.1) is 0 Å². The van der Waals surface area contributed by atoms with Gasteiger partial charge in [-0.1, -0.05) is 5.16 Å². The molecule has 3 N–H and O–H groups in total. The highest BCUT2D eigenvalue weighted by molar-refractivity contribution is 6.00. The van der Waals surface area contributed by atoms with Crippen LogP contribution >= 0.6 is 0 Å². The molecule has 16 heavy (non-hydrogen) atoms. The van der Waals surface area contributed by atoms with Gasteiger partial charge in [-0.2, -0.15) is 0 Å². The van der Waals surface area contributed by atoms with Gasteiger partial charge < -0.3 is 20.7 Å². The molecule has 0 aromatic carbocycles. The van der Waals surface area contributed by atoms with Crippen LogP contribution in [-0.2, 0) is 0 Å². The quantitative estimate of drug-likeness (QED) is 0.275. The van der Waals surface area contributed by atoms with Crippen molar-refractivity contribution in [1.82, 2.24) is 20.1 Å². The highest BCUT2D eigenvalue weighted by atomic mass is 16.6. The molecule has 1 aromatic heterocycles. The predicted octanol–water partition coefficient (Wildman–Crippen LogP) is -0.965. The van der Waals surface area contributed by atoms with E-state index in [4.69, 9.17) is 10.9 Å². The zero-order valence-corrected chi connectivity index (χ0v) is 9.00. The Kier molecular flexibility index (Phi) is 2.91. The molecule has 88 valence electrons. The lowest BCUT2D eigenvalue weighted by molar-refractivity contribution is 0.207. The lowest BCUT2D eigenvalue weighted by Crippen LogP contribution is -2.47. The fourth-order valence-electron chi connectivity index (χ4n) is 1.63. The van der Waals surface area contributed by atoms with E-state index in [9.17, 15) is 0 Å². The number of amidine groups is 1. The summed E-state index contributed by atoms with van der Waals surface area (Å²) in [4.78, 5) is 4.09. The fourth-order valence-corrected chi connectivity index (χ4v) is 1.63. The number of piperazine rings is 1. The van der Waals surface area contributed by atoms with Gasteiger partial charge in [-0.25, -0.2) is 4.63 Å². The summed E-state index contributed by atoms with van der Waals surface area (Å²) < 4.78 is 4.49. The van der Waals surface area contributed by atoms with Crippen LogP contribution in [0.15, 0.2) is 9.78 Å². The zero-order chi connectivity index (χ0) is 11.5. The molecule has 1 aromatic rings. The van der Waals surface area contributed by atoms with Crippen LogP contribution in [0.4, 0.5) is 5.82 Å². The van der Waals surface area contributed by atoms with Gasteiger partial charge in [0.1, 0.15) is 0 Å². The SMILES string of the molecule is CN1CCN(/C(=N/O)c2nonc2N)CC1. The lowest BCUT2D eigenvalue weighted by Gasteiger charge is -2.33. The molecule has 0 bridgehead atoms. The second-order valence-electron chi connectivity index (χ2n) is 3.71. The molecular weight excluding hydrogens is 212 g/mol. The van der Waals surface area contributed by atoms with Crippen molar-refractivity contribution in [3.63, 3.8) is 0 Å². The van der Waals surface area contributed by atoms with Crippen molar-refractivity contribution in [3.8, 4) is 0 Å². The number of likely N-dealkylation sites (N-methyl/N-ethyl adjacent to an activating group) is 1. The first-order valence-corrected chi connectivity index (χ1v) is 4.96. The number of oxime groups is 1. The van der Waals surface area contributed by atoms with E-state index in [1.165, 1.54) is 0 Å². The van der Waals surface area contributed by atoms with Gasteiger partial charge in [-0.05, 0) is 17.4 Å². The van der Waals surface area contributed by atoms with Gasteiger partial charge in [0.15, 0.2) is 11.5 Å². The van der Waals surface area contributed by atoms with Gasteiger partial charge in [0.05, 0.1) is 0 Å². The molecular formula is C8H14N6O2. The standard InChI is InChI=1S/C8H14N6O2/c1-13-2-4-14(5-3-13)8(10-15)6-7(9)12-16-11-6/h15H,2-5H2,1H3,(H2,9,12)/b10-8+. The van der Waals surface area contributed by atoms with Gasteiger partial charge in [0, 0.05) is 26.2 Å². The Morgan fingerprint density at radius 2 is 2.06 bits per heavy atom. The number of nitrogens with two attached hydrogens (primary N) is 1. The summed E-state index contributed by atoms with van der Waals surface area (Å²) in [5.41, 5.74) is 5.84. The maximum absolute atomic E-state index is 9.01. The maximum atomic E-state index is 9.01. The minimum atomic E-state index is 0.131. The number of nitrogens with zero attached hydrogens (tertiary/aromatic N) is 5. The van der Waals surface area contributed by atoms with Crippen molar-refractivity contribution in [2.24, 2.45) is 5.16 Å². The van der Waals surface area contributed by atoms with Crippen molar-refractivity contribution in [3.05, 3.63) is 5.69 Å². The number of rotatable bonds is 1. The summed E-state index contributed by atoms with van der Waals surface area (Å²) in [6.07, 6.45) is 0. The molecule has 0 radical (unpaired) electrons. The normalized spacial score (nSPS) is 19.1. The van der Waals surface area contributed by atoms with Crippen LogP contribution in [0.5, 0.6) is 0 Å². The highest BCUT2D eigenvalue weighted by Crippen LogP contribution is 2.11. The van der Waals surface area contributed by atoms with E-state index < -0.39 is 0 Å². The third-order valence-corrected chi connectivity index (χ3v) is 2.62. The van der Waals surface area contributed by atoms with E-state index in [0.717, 1.165) is 26.2 Å². The Labute approximate surface area is 92.3 Å². The molecule has 1 aliphatic rings. The van der Waals surface area contributed by atoms with Gasteiger partial charge in [0.25, 0.3) is 0 Å². The number of anilines is 1. The number of hydrogen-bond acceptors (Lipinski definition) is 7. The number of aromatic nitrogens is 2. The summed E-state index contributed by atoms with van der Waals surface area (Å²) in [6.45, 7) is 3.29. The van der Waals surface area contributed by atoms with Crippen LogP contribution in [0, 0.1) is 0 Å². The van der Waals surface area contributed by atoms with Crippen molar-refractivity contribution in [2.75, 3.05) is 39.0 Å². The topological polar surface area (TPSA) is 104 Å². The Hall–Kier alpha value is -1.83. The number of hydrogen-bond donors (Lipinski definition) is 2. The Bertz CT molecular complexity index is 382. The largest absolute Gasteiger partial charge is 0.409 e. The lowest BCUT2D eigenvalue weighted by atomic mass is 10.3. The van der Waals surface area contributed by atoms with Crippen LogP contribution in [0.1, 0.15) is 5.69 Å². The van der Waals surface area contributed by atoms with Crippen LogP contribution < -0.4 is 5.73 Å². The molecule has 8 nitrogen and oxygen atoms in total. The van der Waals surface area contributed by atoms with E-state index >= 15 is 0 Å². The van der Waals surface area contributed by atoms with E-state index in [1.54, 1.807) is 0 Å². The molecule has 8 heteroatoms. The molecule has 0 unspecified atom stereocenters. The fraction of sp³-hybridized carbons (Fsp3) is 0.625. The second kappa shape index (κ2) is 4.35. The van der Waals surface area contributed by atoms with Gasteiger partial charge in [0.2, 0.25) is 5.84 Å². The molecule has 0 spiro atoms. The first-order valence-electron chi connectivity index (χ1n) is 4.96. The minimum absolute atomic E-state index is 0.131. The molecule has 0 amide bonds. The summed E-state index contributed by atoms with van der Waals surface area (Å²) >= 11 is 0. The average Bonchev–Trinajstić information content (AvgIpc) is 2.69. The zero-order valence-electron chi connectivity index (χ0n) is 9.00. The summed E-state index contributed by atoms with van der Waals surface area (Å²) in [7, 11) is 2.04. The van der Waals surface area contributed by atoms with E-state index in [1.807, 2.05) is 11.9 Å². The van der Waals surface area contributed by atoms with E-state index in [-0.39, 0.29) is 11.5 Å². The van der Waals surface area contributed by atoms with Crippen LogP contribution in [0.2, 0.25) is 0 Å². The smallest absolute Gasteiger partial charge is 0.201 e. The molecule has 1 fully saturated rings. The van der Waals surface area contributed by atoms with Crippen molar-refractivity contribution in [1.29, 1.82) is 0 Å². The minimum Gasteiger partial charge on any atom is -0.409 e. The van der Waals surface area contributed by atoms with Crippen LogP contribution in [0.25, 0.3) is 0 Å². The monoisotopic (exact) mass is 226 g/mol. The number of nitrogen functional groups attached to an aromatic ring is 1. The maximum Gasteiger partial charge on any atom is 0.201 e. The highest BCUT2D eigenvalue weighted by Gasteiger charge is 2.24. The Balaban J connectivity index is 2.15. The molecule has 2 rings (SSSR count). The molecule has 1 saturated heterocycles. The third kappa shape index (κ3) is 1.91. The molecule has 0 aliphatic carbocycles. The van der Waals surface area contributed by atoms with Gasteiger partial charge >= 0.3 is 0 Å². The summed E-state index contributed by atoms with van der Waals surface area (Å²) in [5.74, 6) is 0.443. The molecule has 0 atom stereocenters. The summed E-state index contributed by atoms with van der Waals surface area (Å²) in [6, 6.07) is 0. The summed E-state index contributed by atoms with van der Waals surface area (Å²) in [5, 5.41) is 19.3. The van der Waals surface area contributed by atoms with Crippen LogP contribution in [0.3, 0.4) is 0 Å². The van der Waals surface area contributed by atoms with Gasteiger partial charge in [-0.3, -0.25) is 0 Å². The first kappa shape index (κ1) is 10.7. The van der Waals surface area contributed by atoms with Crippen molar-refractivity contribution < 1.29 is 9.84 Å². The molecule has 0 saturated carbocycles. The second-order valence-corrected chi connectivity index (χ2v) is 3.71. The third-order valence-electron chi connectivity index (χ3n) is 2.62. The van der Waals surface area contributed by atoms with E-state index in [2.05, 4.69) is 25.0 Å². The van der Waals surface area contributed by atoms with Crippen molar-refractivity contribution in [2.45, 2.75) is 0 Å². The predicted molar refractivity (Wildman–Crippen MR) is 56.1 cm³/mol. The van der Waals surface area contributed by atoms with Crippen molar-refractivity contribution >= 4 is 11.7 Å². The molecule has 1 aliphatic heterocycles. The first-order chi connectivity index (χ1) is 7.72. The molecule has 2 heterocycles. The Morgan fingerprint density at radius 1 is 1.38 bits per heavy atom. The average molecular weight is 226 g/mol. The van der Waals surface area contributed by atoms with E-state index in [0.29, 0.717) is 5.84 Å². The Morgan fingerprint density at radius 3 is 2.56 bits per heavy atom. The van der Waals surface area contributed by atoms with Crippen LogP contribution in [-0.4, -0.2) is 64.4 Å².